The predicted octanol–water partition coefficient (Wildman–Crippen LogP) is 6.51. The topological polar surface area (TPSA) is 310 Å². The Bertz CT molecular complexity index is 3800. The van der Waals surface area contributed by atoms with Crippen LogP contribution in [0.2, 0.25) is 5.02 Å². The van der Waals surface area contributed by atoms with Crippen LogP contribution in [0.5, 0.6) is 0 Å². The van der Waals surface area contributed by atoms with E-state index in [2.05, 4.69) is 52.1 Å². The van der Waals surface area contributed by atoms with Crippen LogP contribution in [0.4, 0.5) is 40.7 Å². The Kier molecular flexibility index (Phi) is 24.6. The number of likely N-dealkylation sites (N-methyl/N-ethyl adjacent to an activating group) is 1. The van der Waals surface area contributed by atoms with Crippen LogP contribution < -0.4 is 31.9 Å². The average Bonchev–Trinajstić information content (AvgIpc) is 1.64. The van der Waals surface area contributed by atoms with Crippen molar-refractivity contribution in [2.45, 2.75) is 119 Å². The number of amides is 6. The molecule has 3 atom stereocenters. The fraction of sp³-hybridized carbons (Fsp3) is 0.484. The summed E-state index contributed by atoms with van der Waals surface area (Å²) >= 11 is 6.05. The van der Waals surface area contributed by atoms with Crippen LogP contribution in [-0.4, -0.2) is 170 Å². The van der Waals surface area contributed by atoms with Crippen LogP contribution in [-0.2, 0) is 62.9 Å². The molecule has 6 amide bonds. The maximum absolute atomic E-state index is 14.5. The second-order valence-corrected chi connectivity index (χ2v) is 26.4. The molecule has 3 aliphatic rings. The first-order chi connectivity index (χ1) is 44.7. The summed E-state index contributed by atoms with van der Waals surface area (Å²) in [6.07, 6.45) is 1.28. The molecule has 0 aliphatic carbocycles. The number of carbonyl (C=O) groups excluding carboxylic acids is 6. The van der Waals surface area contributed by atoms with E-state index in [1.807, 2.05) is 48.6 Å². The highest BCUT2D eigenvalue weighted by Crippen LogP contribution is 2.36. The molecule has 0 saturated carbocycles. The third-order valence-corrected chi connectivity index (χ3v) is 15.8. The number of rotatable bonds is 15. The molecule has 9 rings (SSSR count). The first-order valence-electron chi connectivity index (χ1n) is 30.5. The lowest BCUT2D eigenvalue weighted by atomic mass is 9.86. The molecule has 0 fully saturated rings. The number of halogens is 7. The zero-order valence-corrected chi connectivity index (χ0v) is 55.1. The van der Waals surface area contributed by atoms with Gasteiger partial charge in [0.25, 0.3) is 0 Å². The maximum atomic E-state index is 14.5. The number of ether oxygens (including phenoxy) is 2. The Hall–Kier alpha value is -8.26. The van der Waals surface area contributed by atoms with Crippen molar-refractivity contribution in [3.63, 3.8) is 0 Å². The van der Waals surface area contributed by atoms with Crippen molar-refractivity contribution in [1.82, 2.24) is 66.1 Å². The molecule has 6 heterocycles. The van der Waals surface area contributed by atoms with E-state index in [-0.39, 0.29) is 82.5 Å². The summed E-state index contributed by atoms with van der Waals surface area (Å²) in [5, 5.41) is 56.0. The zero-order chi connectivity index (χ0) is 70.0. The van der Waals surface area contributed by atoms with Crippen LogP contribution in [0.15, 0.2) is 48.5 Å². The van der Waals surface area contributed by atoms with Gasteiger partial charge >= 0.3 is 18.1 Å². The van der Waals surface area contributed by atoms with Gasteiger partial charge in [0, 0.05) is 83.6 Å². The van der Waals surface area contributed by atoms with Gasteiger partial charge in [-0.05, 0) is 78.6 Å². The van der Waals surface area contributed by atoms with Gasteiger partial charge in [-0.2, -0.15) is 29.3 Å². The minimum absolute atomic E-state index is 0.00204. The molecule has 3 aromatic heterocycles. The summed E-state index contributed by atoms with van der Waals surface area (Å²) in [5.41, 5.74) is 2.57. The van der Waals surface area contributed by atoms with Crippen molar-refractivity contribution < 1.29 is 79.9 Å². The molecule has 31 heteroatoms. The molecule has 3 aromatic carbocycles. The Balaban J connectivity index is 0.000000201. The van der Waals surface area contributed by atoms with Crippen LogP contribution in [0, 0.1) is 51.1 Å². The summed E-state index contributed by atoms with van der Waals surface area (Å²) < 4.78 is 97.6. The molecule has 0 spiro atoms. The van der Waals surface area contributed by atoms with E-state index >= 15 is 0 Å². The van der Waals surface area contributed by atoms with Crippen LogP contribution in [0.1, 0.15) is 96.1 Å². The smallest absolute Gasteiger partial charge is 0.343 e. The maximum Gasteiger partial charge on any atom is 0.343 e. The number of benzene rings is 3. The van der Waals surface area contributed by atoms with Crippen LogP contribution in [0.3, 0.4) is 0 Å². The van der Waals surface area contributed by atoms with Gasteiger partial charge in [0.2, 0.25) is 17.7 Å². The fourth-order valence-electron chi connectivity index (χ4n) is 10.7. The lowest BCUT2D eigenvalue weighted by Gasteiger charge is -2.30. The molecular weight excluding hydrogens is 1280 g/mol. The van der Waals surface area contributed by atoms with E-state index in [4.69, 9.17) is 36.4 Å². The van der Waals surface area contributed by atoms with Gasteiger partial charge in [0.1, 0.15) is 29.8 Å². The first-order valence-corrected chi connectivity index (χ1v) is 30.9. The molecule has 95 heavy (non-hydrogen) atoms. The Morgan fingerprint density at radius 3 is 1.34 bits per heavy atom. The van der Waals surface area contributed by atoms with Crippen LogP contribution in [0.25, 0.3) is 33.8 Å². The van der Waals surface area contributed by atoms with Crippen LogP contribution >= 0.6 is 11.6 Å². The van der Waals surface area contributed by atoms with E-state index in [0.29, 0.717) is 94.9 Å². The van der Waals surface area contributed by atoms with E-state index < -0.39 is 105 Å². The summed E-state index contributed by atoms with van der Waals surface area (Å²) in [7, 11) is 1.93. The van der Waals surface area contributed by atoms with E-state index in [1.54, 1.807) is 20.8 Å². The Labute approximate surface area is 549 Å². The van der Waals surface area contributed by atoms with Gasteiger partial charge in [-0.3, -0.25) is 14.4 Å². The van der Waals surface area contributed by atoms with Crippen molar-refractivity contribution in [3.05, 3.63) is 122 Å². The highest BCUT2D eigenvalue weighted by atomic mass is 35.5. The number of aliphatic hydroxyl groups is 3. The van der Waals surface area contributed by atoms with Gasteiger partial charge < -0.3 is 61.6 Å². The summed E-state index contributed by atoms with van der Waals surface area (Å²) in [6.45, 7) is 17.6. The summed E-state index contributed by atoms with van der Waals surface area (Å²) in [5.74, 6) is -7.37. The standard InChI is InChI=1S/C22H29F2N5O3.C21H26ClFN4O4.C21H25F3N4O4/c1-22(2,3)19(20(31)25-8-10-30)26-21(32)29-17-7-9-28(4)12-14(17)18(27-29)13-5-6-15(23)16(24)11-13;1-21(2,3)18(19(29)24-7-8-28)25-20(30)27-16-11-31-9-6-13(16)17(26-27)14-10-12(22)4-5-15(14)23;1-21(2,3)18(19(30)25-5-6-29)26-20(31)28-16-10-32-7-4-11(16)17(27-28)12-8-14(23)15(24)9-13(12)22/h5-6,11,19,30H,7-10,12H2,1-4H3,(H,25,31)(H,26,32);4-5,10,18,28H,6-9,11H2,1-3H3,(H,24,29)(H,25,30);8-9,18,29H,4-7,10H2,1-3H3,(H,25,30)(H,26,31)/t19-;2*18-/m111/s1. The molecule has 0 unspecified atom stereocenters. The normalized spacial score (nSPS) is 14.8. The number of nitrogens with zero attached hydrogens (tertiary/aromatic N) is 7. The van der Waals surface area contributed by atoms with Crippen molar-refractivity contribution in [1.29, 1.82) is 0 Å². The van der Waals surface area contributed by atoms with Gasteiger partial charge in [0.15, 0.2) is 23.3 Å². The van der Waals surface area contributed by atoms with Gasteiger partial charge in [-0.1, -0.05) is 73.9 Å². The van der Waals surface area contributed by atoms with Crippen molar-refractivity contribution in [3.8, 4) is 33.8 Å². The predicted molar refractivity (Wildman–Crippen MR) is 336 cm³/mol. The Morgan fingerprint density at radius 1 is 0.505 bits per heavy atom. The minimum Gasteiger partial charge on any atom is -0.395 e. The molecule has 0 saturated heterocycles. The third-order valence-electron chi connectivity index (χ3n) is 15.5. The minimum atomic E-state index is -1.33. The Morgan fingerprint density at radius 2 is 0.905 bits per heavy atom. The number of aliphatic hydroxyl groups excluding tert-OH is 3. The molecule has 516 valence electrons. The molecular formula is C64H80ClF6N13O11. The lowest BCUT2D eigenvalue weighted by molar-refractivity contribution is -0.126. The summed E-state index contributed by atoms with van der Waals surface area (Å²) in [4.78, 5) is 79.2. The number of carbonyl (C=O) groups is 6. The molecule has 9 N–H and O–H groups in total. The number of hydrogen-bond acceptors (Lipinski definition) is 15. The van der Waals surface area contributed by atoms with E-state index in [9.17, 15) is 55.1 Å². The quantitative estimate of drug-likeness (QED) is 0.0391. The molecule has 0 radical (unpaired) electrons. The average molecular weight is 1360 g/mol. The fourth-order valence-corrected chi connectivity index (χ4v) is 10.8. The third kappa shape index (κ3) is 18.0. The molecule has 24 nitrogen and oxygen atoms in total. The second kappa shape index (κ2) is 31.5. The number of nitrogens with one attached hydrogen (secondary N) is 6. The monoisotopic (exact) mass is 1360 g/mol. The largest absolute Gasteiger partial charge is 0.395 e. The molecule has 3 aliphatic heterocycles. The first kappa shape index (κ1) is 74.1. The van der Waals surface area contributed by atoms with Crippen molar-refractivity contribution in [2.75, 3.05) is 66.3 Å². The SMILES string of the molecule is CC(C)(C)[C@H](NC(=O)n1nc(-c2cc(Cl)ccc2F)c2c1COCC2)C(=O)NCCO.CC(C)(C)[C@H](NC(=O)n1nc(-c2cc(F)c(F)cc2F)c2c1COCC2)C(=O)NCCO.CN1CCc2c(c(-c3ccc(F)c(F)c3)nn2C(=O)N[C@H](C(=O)NCCO)C(C)(C)C)C1. The zero-order valence-electron chi connectivity index (χ0n) is 54.3. The summed E-state index contributed by atoms with van der Waals surface area (Å²) in [6, 6.07) is 4.10. The highest BCUT2D eigenvalue weighted by molar-refractivity contribution is 6.30. The van der Waals surface area contributed by atoms with Crippen molar-refractivity contribution in [2.24, 2.45) is 16.2 Å². The van der Waals surface area contributed by atoms with Gasteiger partial charge in [0.05, 0.1) is 80.4 Å². The molecule has 6 aromatic rings. The van der Waals surface area contributed by atoms with Gasteiger partial charge in [-0.25, -0.2) is 40.7 Å². The highest BCUT2D eigenvalue weighted by Gasteiger charge is 2.39. The second-order valence-electron chi connectivity index (χ2n) is 25.9. The van der Waals surface area contributed by atoms with Crippen molar-refractivity contribution >= 4 is 47.4 Å². The number of fused-ring (bicyclic) bond motifs is 3. The lowest BCUT2D eigenvalue weighted by Crippen LogP contribution is -2.55. The van der Waals surface area contributed by atoms with E-state index in [1.165, 1.54) is 28.9 Å². The van der Waals surface area contributed by atoms with E-state index in [0.717, 1.165) is 27.1 Å². The number of aromatic nitrogens is 6. The number of hydrogen-bond donors (Lipinski definition) is 9. The molecule has 0 bridgehead atoms. The van der Waals surface area contributed by atoms with Gasteiger partial charge in [-0.15, -0.1) is 0 Å².